The second-order valence-electron chi connectivity index (χ2n) is 3.42. The quantitative estimate of drug-likeness (QED) is 0.897. The number of nitrogens with zero attached hydrogens (tertiary/aromatic N) is 2. The normalized spacial score (nSPS) is 10.6. The van der Waals surface area contributed by atoms with E-state index in [9.17, 15) is 4.79 Å². The van der Waals surface area contributed by atoms with E-state index >= 15 is 0 Å². The summed E-state index contributed by atoms with van der Waals surface area (Å²) in [7, 11) is 0. The van der Waals surface area contributed by atoms with Gasteiger partial charge in [0.15, 0.2) is 0 Å². The van der Waals surface area contributed by atoms with Crippen LogP contribution in [-0.4, -0.2) is 22.3 Å². The molecule has 0 aliphatic carbocycles. The molecule has 6 nitrogen and oxygen atoms in total. The van der Waals surface area contributed by atoms with Gasteiger partial charge in [0, 0.05) is 4.47 Å². The highest BCUT2D eigenvalue weighted by molar-refractivity contribution is 9.10. The molecule has 0 radical (unpaired) electrons. The monoisotopic (exact) mass is 298 g/mol. The zero-order valence-electron chi connectivity index (χ0n) is 8.89. The Hall–Kier alpha value is -1.76. The molecule has 2 aromatic rings. The molecule has 7 heteroatoms. The molecule has 90 valence electrons. The molecule has 2 rings (SSSR count). The van der Waals surface area contributed by atoms with Gasteiger partial charge in [0.05, 0.1) is 17.6 Å². The van der Waals surface area contributed by atoms with Crippen LogP contribution in [0.5, 0.6) is 0 Å². The Kier molecular flexibility index (Phi) is 3.19. The minimum atomic E-state index is -0.797. The lowest BCUT2D eigenvalue weighted by Crippen LogP contribution is -2.17. The van der Waals surface area contributed by atoms with Crippen LogP contribution in [0.25, 0.3) is 11.0 Å². The Labute approximate surface area is 106 Å². The zero-order chi connectivity index (χ0) is 12.4. The molecule has 0 saturated heterocycles. The van der Waals surface area contributed by atoms with Crippen molar-refractivity contribution in [3.63, 3.8) is 0 Å². The molecule has 4 N–H and O–H groups in total. The number of fused-ring (bicyclic) bond motifs is 1. The Morgan fingerprint density at radius 2 is 2.29 bits per heavy atom. The number of carbonyl (C=O) groups is 1. The van der Waals surface area contributed by atoms with Crippen LogP contribution in [0.15, 0.2) is 22.7 Å². The molecule has 1 amide bonds. The highest BCUT2D eigenvalue weighted by atomic mass is 79.9. The lowest BCUT2D eigenvalue weighted by atomic mass is 10.3. The number of nitrogen functional groups attached to an aromatic ring is 1. The maximum Gasteiger partial charge on any atom is 0.404 e. The zero-order valence-corrected chi connectivity index (χ0v) is 10.5. The van der Waals surface area contributed by atoms with Crippen LogP contribution >= 0.6 is 15.9 Å². The molecule has 1 aromatic heterocycles. The molecule has 1 heterocycles. The number of amides is 1. The van der Waals surface area contributed by atoms with Gasteiger partial charge >= 0.3 is 6.09 Å². The number of primary amides is 1. The minimum Gasteiger partial charge on any atom is -0.448 e. The molecular weight excluding hydrogens is 288 g/mol. The first-order chi connectivity index (χ1) is 8.08. The highest BCUT2D eigenvalue weighted by Gasteiger charge is 2.08. The van der Waals surface area contributed by atoms with E-state index in [1.165, 1.54) is 0 Å². The van der Waals surface area contributed by atoms with Gasteiger partial charge in [-0.3, -0.25) is 0 Å². The number of nitrogens with two attached hydrogens (primary N) is 2. The predicted octanol–water partition coefficient (Wildman–Crippen LogP) is 1.48. The summed E-state index contributed by atoms with van der Waals surface area (Å²) in [5.41, 5.74) is 12.3. The Morgan fingerprint density at radius 3 is 3.00 bits per heavy atom. The van der Waals surface area contributed by atoms with E-state index in [0.29, 0.717) is 12.5 Å². The fraction of sp³-hybridized carbons (Fsp3) is 0.200. The topological polar surface area (TPSA) is 96.2 Å². The molecule has 0 saturated carbocycles. The van der Waals surface area contributed by atoms with Crippen LogP contribution in [0.3, 0.4) is 0 Å². The van der Waals surface area contributed by atoms with Crippen molar-refractivity contribution in [2.45, 2.75) is 6.54 Å². The average Bonchev–Trinajstić information content (AvgIpc) is 2.55. The van der Waals surface area contributed by atoms with Crippen LogP contribution < -0.4 is 11.5 Å². The van der Waals surface area contributed by atoms with Crippen LogP contribution in [0.2, 0.25) is 0 Å². The Balaban J connectivity index is 2.28. The number of benzene rings is 1. The average molecular weight is 299 g/mol. The van der Waals surface area contributed by atoms with Gasteiger partial charge in [-0.1, -0.05) is 15.9 Å². The van der Waals surface area contributed by atoms with Crippen molar-refractivity contribution in [1.29, 1.82) is 0 Å². The summed E-state index contributed by atoms with van der Waals surface area (Å²) in [6.07, 6.45) is -0.797. The molecule has 0 atom stereocenters. The number of rotatable bonds is 3. The molecule has 0 aliphatic heterocycles. The SMILES string of the molecule is NC(=O)OCCn1c(N)nc2ccc(Br)cc21. The number of hydrogen-bond donors (Lipinski definition) is 2. The maximum atomic E-state index is 10.5. The summed E-state index contributed by atoms with van der Waals surface area (Å²) in [6, 6.07) is 5.66. The summed E-state index contributed by atoms with van der Waals surface area (Å²) in [5.74, 6) is 0.381. The van der Waals surface area contributed by atoms with Gasteiger partial charge in [0.1, 0.15) is 6.61 Å². The van der Waals surface area contributed by atoms with Gasteiger partial charge in [-0.05, 0) is 18.2 Å². The maximum absolute atomic E-state index is 10.5. The predicted molar refractivity (Wildman–Crippen MR) is 67.4 cm³/mol. The third-order valence-corrected chi connectivity index (χ3v) is 2.79. The highest BCUT2D eigenvalue weighted by Crippen LogP contribution is 2.21. The smallest absolute Gasteiger partial charge is 0.404 e. The molecule has 17 heavy (non-hydrogen) atoms. The van der Waals surface area contributed by atoms with E-state index in [4.69, 9.17) is 11.5 Å². The van der Waals surface area contributed by atoms with Crippen molar-refractivity contribution in [3.8, 4) is 0 Å². The Bertz CT molecular complexity index is 567. The molecule has 1 aromatic carbocycles. The van der Waals surface area contributed by atoms with E-state index < -0.39 is 6.09 Å². The van der Waals surface area contributed by atoms with Crippen LogP contribution in [0.4, 0.5) is 10.7 Å². The van der Waals surface area contributed by atoms with Gasteiger partial charge < -0.3 is 20.8 Å². The number of ether oxygens (including phenoxy) is 1. The van der Waals surface area contributed by atoms with Gasteiger partial charge in [-0.2, -0.15) is 0 Å². The fourth-order valence-corrected chi connectivity index (χ4v) is 1.94. The van der Waals surface area contributed by atoms with E-state index in [1.807, 2.05) is 18.2 Å². The van der Waals surface area contributed by atoms with Crippen LogP contribution in [0, 0.1) is 0 Å². The first-order valence-electron chi connectivity index (χ1n) is 4.91. The van der Waals surface area contributed by atoms with Crippen molar-refractivity contribution in [1.82, 2.24) is 9.55 Å². The van der Waals surface area contributed by atoms with E-state index in [0.717, 1.165) is 15.5 Å². The number of carbonyl (C=O) groups excluding carboxylic acids is 1. The third kappa shape index (κ3) is 2.50. The molecular formula is C10H11BrN4O2. The molecule has 0 aliphatic rings. The van der Waals surface area contributed by atoms with Crippen molar-refractivity contribution >= 4 is 39.0 Å². The minimum absolute atomic E-state index is 0.164. The first kappa shape index (κ1) is 11.7. The number of aromatic nitrogens is 2. The van der Waals surface area contributed by atoms with Crippen molar-refractivity contribution in [2.75, 3.05) is 12.3 Å². The summed E-state index contributed by atoms with van der Waals surface area (Å²) in [5, 5.41) is 0. The van der Waals surface area contributed by atoms with Crippen molar-refractivity contribution in [3.05, 3.63) is 22.7 Å². The number of anilines is 1. The summed E-state index contributed by atoms with van der Waals surface area (Å²) in [6.45, 7) is 0.583. The molecule has 0 spiro atoms. The number of halogens is 1. The van der Waals surface area contributed by atoms with Gasteiger partial charge in [0.2, 0.25) is 5.95 Å². The lowest BCUT2D eigenvalue weighted by Gasteiger charge is -2.06. The fourth-order valence-electron chi connectivity index (χ4n) is 1.59. The van der Waals surface area contributed by atoms with Gasteiger partial charge in [-0.15, -0.1) is 0 Å². The van der Waals surface area contributed by atoms with Crippen LogP contribution in [-0.2, 0) is 11.3 Å². The van der Waals surface area contributed by atoms with Crippen molar-refractivity contribution < 1.29 is 9.53 Å². The van der Waals surface area contributed by atoms with E-state index in [1.54, 1.807) is 4.57 Å². The van der Waals surface area contributed by atoms with Crippen molar-refractivity contribution in [2.24, 2.45) is 5.73 Å². The first-order valence-corrected chi connectivity index (χ1v) is 5.70. The van der Waals surface area contributed by atoms with E-state index in [-0.39, 0.29) is 6.61 Å². The summed E-state index contributed by atoms with van der Waals surface area (Å²) >= 11 is 3.38. The summed E-state index contributed by atoms with van der Waals surface area (Å²) in [4.78, 5) is 14.7. The van der Waals surface area contributed by atoms with E-state index in [2.05, 4.69) is 25.7 Å². The largest absolute Gasteiger partial charge is 0.448 e. The summed E-state index contributed by atoms with van der Waals surface area (Å²) < 4.78 is 7.37. The number of hydrogen-bond acceptors (Lipinski definition) is 4. The molecule has 0 unspecified atom stereocenters. The molecule has 0 fully saturated rings. The van der Waals surface area contributed by atoms with Crippen LogP contribution in [0.1, 0.15) is 0 Å². The van der Waals surface area contributed by atoms with Gasteiger partial charge in [-0.25, -0.2) is 9.78 Å². The second kappa shape index (κ2) is 4.62. The second-order valence-corrected chi connectivity index (χ2v) is 4.34. The number of imidazole rings is 1. The Morgan fingerprint density at radius 1 is 1.53 bits per heavy atom. The van der Waals surface area contributed by atoms with Gasteiger partial charge in [0.25, 0.3) is 0 Å². The third-order valence-electron chi connectivity index (χ3n) is 2.30. The molecule has 0 bridgehead atoms. The standard InChI is InChI=1S/C10H11BrN4O2/c11-6-1-2-7-8(5-6)15(9(12)14-7)3-4-17-10(13)16/h1-2,5H,3-4H2,(H2,12,14)(H2,13,16). The lowest BCUT2D eigenvalue weighted by molar-refractivity contribution is 0.153.